The summed E-state index contributed by atoms with van der Waals surface area (Å²) >= 11 is 1.55. The lowest BCUT2D eigenvalue weighted by molar-refractivity contribution is 0.422. The number of nitrogens with zero attached hydrogens (tertiary/aromatic N) is 8. The highest BCUT2D eigenvalue weighted by Gasteiger charge is 2.24. The summed E-state index contributed by atoms with van der Waals surface area (Å²) < 4.78 is 1.94. The average molecular weight is 335 g/mol. The average Bonchev–Trinajstić information content (AvgIpc) is 3.17. The Hall–Kier alpha value is -1.97. The number of hydrogen-bond acceptors (Lipinski definition) is 9. The van der Waals surface area contributed by atoms with Crippen molar-refractivity contribution >= 4 is 23.7 Å². The van der Waals surface area contributed by atoms with Crippen molar-refractivity contribution in [2.45, 2.75) is 49.1 Å². The maximum atomic E-state index is 5.79. The monoisotopic (exact) mass is 335 g/mol. The molecule has 0 saturated heterocycles. The van der Waals surface area contributed by atoms with Crippen molar-refractivity contribution in [3.8, 4) is 0 Å². The van der Waals surface area contributed by atoms with Crippen molar-refractivity contribution in [3.63, 3.8) is 0 Å². The SMILES string of the molecule is C[C@H](Sc1nnnn1C1CCCC1)c1nc(N)nc(N(C)C)n1. The molecular weight excluding hydrogens is 314 g/mol. The smallest absolute Gasteiger partial charge is 0.229 e. The molecule has 0 bridgehead atoms. The van der Waals surface area contributed by atoms with Crippen molar-refractivity contribution in [3.05, 3.63) is 5.82 Å². The molecule has 124 valence electrons. The molecule has 0 aromatic carbocycles. The van der Waals surface area contributed by atoms with Crippen molar-refractivity contribution in [2.75, 3.05) is 24.7 Å². The zero-order valence-electron chi connectivity index (χ0n) is 13.5. The Balaban J connectivity index is 1.79. The van der Waals surface area contributed by atoms with Crippen LogP contribution in [0.3, 0.4) is 0 Å². The number of hydrogen-bond donors (Lipinski definition) is 1. The molecule has 0 aliphatic heterocycles. The third-order valence-corrected chi connectivity index (χ3v) is 4.88. The largest absolute Gasteiger partial charge is 0.368 e. The Labute approximate surface area is 139 Å². The first-order chi connectivity index (χ1) is 11.0. The topological polar surface area (TPSA) is 112 Å². The van der Waals surface area contributed by atoms with Gasteiger partial charge in [-0.2, -0.15) is 15.0 Å². The van der Waals surface area contributed by atoms with E-state index >= 15 is 0 Å². The zero-order valence-corrected chi connectivity index (χ0v) is 14.4. The standard InChI is InChI=1S/C13H21N9S/c1-8(10-15-11(14)17-12(16-10)21(2)3)23-13-18-19-20-22(13)9-6-4-5-7-9/h8-9H,4-7H2,1-3H3,(H2,14,15,16,17)/t8-/m0/s1. The second-order valence-electron chi connectivity index (χ2n) is 5.85. The van der Waals surface area contributed by atoms with Crippen LogP contribution in [0.2, 0.25) is 0 Å². The first kappa shape index (κ1) is 15.9. The molecule has 10 heteroatoms. The molecule has 2 aromatic heterocycles. The minimum Gasteiger partial charge on any atom is -0.368 e. The number of tetrazole rings is 1. The maximum Gasteiger partial charge on any atom is 0.229 e. The molecule has 0 spiro atoms. The minimum absolute atomic E-state index is 0.0230. The van der Waals surface area contributed by atoms with Crippen LogP contribution in [0.25, 0.3) is 0 Å². The van der Waals surface area contributed by atoms with E-state index in [1.807, 2.05) is 30.6 Å². The third kappa shape index (κ3) is 3.52. The molecule has 0 amide bonds. The summed E-state index contributed by atoms with van der Waals surface area (Å²) in [7, 11) is 3.74. The summed E-state index contributed by atoms with van der Waals surface area (Å²) in [6.45, 7) is 2.02. The fraction of sp³-hybridized carbons (Fsp3) is 0.692. The van der Waals surface area contributed by atoms with Gasteiger partial charge in [0.05, 0.1) is 11.3 Å². The van der Waals surface area contributed by atoms with E-state index in [0.717, 1.165) is 18.0 Å². The second-order valence-corrected chi connectivity index (χ2v) is 7.16. The van der Waals surface area contributed by atoms with Crippen LogP contribution in [0.5, 0.6) is 0 Å². The molecule has 2 aromatic rings. The van der Waals surface area contributed by atoms with E-state index < -0.39 is 0 Å². The summed E-state index contributed by atoms with van der Waals surface area (Å²) in [6, 6.07) is 0.403. The molecule has 2 N–H and O–H groups in total. The molecule has 2 heterocycles. The molecule has 1 aliphatic carbocycles. The lowest BCUT2D eigenvalue weighted by Crippen LogP contribution is -2.16. The zero-order chi connectivity index (χ0) is 16.4. The van der Waals surface area contributed by atoms with Crippen LogP contribution in [-0.4, -0.2) is 49.3 Å². The molecule has 1 fully saturated rings. The summed E-state index contributed by atoms with van der Waals surface area (Å²) in [5.41, 5.74) is 5.79. The van der Waals surface area contributed by atoms with E-state index in [1.165, 1.54) is 12.8 Å². The van der Waals surface area contributed by atoms with E-state index in [9.17, 15) is 0 Å². The van der Waals surface area contributed by atoms with E-state index in [1.54, 1.807) is 11.8 Å². The van der Waals surface area contributed by atoms with Crippen LogP contribution in [0.4, 0.5) is 11.9 Å². The number of thioether (sulfide) groups is 1. The van der Waals surface area contributed by atoms with Gasteiger partial charge in [-0.05, 0) is 30.2 Å². The van der Waals surface area contributed by atoms with E-state index in [0.29, 0.717) is 17.8 Å². The van der Waals surface area contributed by atoms with Gasteiger partial charge < -0.3 is 10.6 Å². The lowest BCUT2D eigenvalue weighted by atomic mass is 10.3. The number of anilines is 2. The van der Waals surface area contributed by atoms with Gasteiger partial charge in [-0.15, -0.1) is 5.10 Å². The van der Waals surface area contributed by atoms with Gasteiger partial charge >= 0.3 is 0 Å². The van der Waals surface area contributed by atoms with Gasteiger partial charge in [-0.3, -0.25) is 0 Å². The predicted molar refractivity (Wildman–Crippen MR) is 88.2 cm³/mol. The number of nitrogens with two attached hydrogens (primary N) is 1. The Morgan fingerprint density at radius 2 is 1.96 bits per heavy atom. The number of nitrogen functional groups attached to an aromatic ring is 1. The van der Waals surface area contributed by atoms with Crippen LogP contribution >= 0.6 is 11.8 Å². The predicted octanol–water partition coefficient (Wildman–Crippen LogP) is 1.47. The van der Waals surface area contributed by atoms with Gasteiger partial charge in [0.25, 0.3) is 0 Å². The molecule has 1 saturated carbocycles. The van der Waals surface area contributed by atoms with E-state index in [2.05, 4.69) is 30.5 Å². The van der Waals surface area contributed by atoms with E-state index in [4.69, 9.17) is 5.73 Å². The molecule has 1 atom stereocenters. The lowest BCUT2D eigenvalue weighted by Gasteiger charge is -2.15. The summed E-state index contributed by atoms with van der Waals surface area (Å²) in [5.74, 6) is 1.41. The van der Waals surface area contributed by atoms with Crippen molar-refractivity contribution in [2.24, 2.45) is 0 Å². The first-order valence-electron chi connectivity index (χ1n) is 7.68. The fourth-order valence-electron chi connectivity index (χ4n) is 2.63. The van der Waals surface area contributed by atoms with Gasteiger partial charge in [-0.1, -0.05) is 24.6 Å². The van der Waals surface area contributed by atoms with Gasteiger partial charge in [0, 0.05) is 14.1 Å². The summed E-state index contributed by atoms with van der Waals surface area (Å²) in [6.07, 6.45) is 4.74. The van der Waals surface area contributed by atoms with Gasteiger partial charge in [-0.25, -0.2) is 4.68 Å². The first-order valence-corrected chi connectivity index (χ1v) is 8.56. The van der Waals surface area contributed by atoms with E-state index in [-0.39, 0.29) is 11.2 Å². The molecule has 0 unspecified atom stereocenters. The molecule has 0 radical (unpaired) electrons. The molecule has 3 rings (SSSR count). The Bertz CT molecular complexity index is 665. The van der Waals surface area contributed by atoms with Crippen LogP contribution < -0.4 is 10.6 Å². The van der Waals surface area contributed by atoms with Crippen LogP contribution in [0.15, 0.2) is 5.16 Å². The fourth-order valence-corrected chi connectivity index (χ4v) is 3.54. The van der Waals surface area contributed by atoms with Crippen molar-refractivity contribution in [1.29, 1.82) is 0 Å². The minimum atomic E-state index is -0.0230. The Morgan fingerprint density at radius 1 is 1.22 bits per heavy atom. The van der Waals surface area contributed by atoms with Crippen LogP contribution in [0, 0.1) is 0 Å². The van der Waals surface area contributed by atoms with Crippen LogP contribution in [0.1, 0.15) is 49.7 Å². The Morgan fingerprint density at radius 3 is 2.65 bits per heavy atom. The molecule has 23 heavy (non-hydrogen) atoms. The van der Waals surface area contributed by atoms with Crippen molar-refractivity contribution < 1.29 is 0 Å². The number of rotatable bonds is 5. The highest BCUT2D eigenvalue weighted by Crippen LogP contribution is 2.36. The van der Waals surface area contributed by atoms with Gasteiger partial charge in [0.15, 0.2) is 0 Å². The highest BCUT2D eigenvalue weighted by atomic mass is 32.2. The molecule has 9 nitrogen and oxygen atoms in total. The summed E-state index contributed by atoms with van der Waals surface area (Å²) in [5, 5.41) is 12.9. The molecule has 1 aliphatic rings. The van der Waals surface area contributed by atoms with Gasteiger partial charge in [0.2, 0.25) is 17.1 Å². The highest BCUT2D eigenvalue weighted by molar-refractivity contribution is 7.99. The summed E-state index contributed by atoms with van der Waals surface area (Å²) in [4.78, 5) is 14.6. The van der Waals surface area contributed by atoms with Crippen molar-refractivity contribution in [1.82, 2.24) is 35.2 Å². The molecular formula is C13H21N9S. The Kier molecular flexibility index (Phi) is 4.60. The quantitative estimate of drug-likeness (QED) is 0.812. The number of aromatic nitrogens is 7. The van der Waals surface area contributed by atoms with Gasteiger partial charge in [0.1, 0.15) is 5.82 Å². The normalized spacial score (nSPS) is 16.7. The second kappa shape index (κ2) is 6.65. The van der Waals surface area contributed by atoms with Crippen LogP contribution in [-0.2, 0) is 0 Å². The maximum absolute atomic E-state index is 5.79. The third-order valence-electron chi connectivity index (χ3n) is 3.84.